The third-order valence-corrected chi connectivity index (χ3v) is 3.38. The van der Waals surface area contributed by atoms with E-state index in [1.54, 1.807) is 13.8 Å². The Bertz CT molecular complexity index is 417. The van der Waals surface area contributed by atoms with Crippen molar-refractivity contribution in [2.45, 2.75) is 38.3 Å². The molecule has 0 aliphatic rings. The van der Waals surface area contributed by atoms with Crippen molar-refractivity contribution < 1.29 is 23.1 Å². The summed E-state index contributed by atoms with van der Waals surface area (Å²) in [6.45, 7) is 3.44. The zero-order valence-electron chi connectivity index (χ0n) is 10.2. The largest absolute Gasteiger partial charge is 0.481 e. The summed E-state index contributed by atoms with van der Waals surface area (Å²) in [4.78, 5) is 11.3. The molecule has 0 amide bonds. The Balaban J connectivity index is 3.21. The van der Waals surface area contributed by atoms with Gasteiger partial charge in [-0.25, -0.2) is 0 Å². The first-order valence-corrected chi connectivity index (χ1v) is 5.69. The lowest BCUT2D eigenvalue weighted by Crippen LogP contribution is -2.34. The van der Waals surface area contributed by atoms with Gasteiger partial charge in [-0.2, -0.15) is 13.2 Å². The number of benzene rings is 1. The molecule has 1 N–H and O–H groups in total. The highest BCUT2D eigenvalue weighted by Gasteiger charge is 2.37. The number of carboxylic acids is 1. The van der Waals surface area contributed by atoms with Gasteiger partial charge in [0.05, 0.1) is 11.0 Å². The zero-order valence-corrected chi connectivity index (χ0v) is 10.2. The van der Waals surface area contributed by atoms with Crippen LogP contribution in [0.3, 0.4) is 0 Å². The number of carbonyl (C=O) groups is 1. The van der Waals surface area contributed by atoms with Crippen LogP contribution in [-0.4, -0.2) is 11.1 Å². The molecular formula is C13H15F3O2. The fourth-order valence-corrected chi connectivity index (χ4v) is 2.06. The maximum atomic E-state index is 12.4. The van der Waals surface area contributed by atoms with Gasteiger partial charge < -0.3 is 5.11 Å². The molecule has 5 heteroatoms. The van der Waals surface area contributed by atoms with Crippen LogP contribution in [-0.2, 0) is 16.4 Å². The molecule has 0 radical (unpaired) electrons. The number of hydrogen-bond acceptors (Lipinski definition) is 1. The van der Waals surface area contributed by atoms with Gasteiger partial charge >= 0.3 is 12.1 Å². The molecule has 2 nitrogen and oxygen atoms in total. The minimum Gasteiger partial charge on any atom is -0.481 e. The van der Waals surface area contributed by atoms with E-state index in [4.69, 9.17) is 0 Å². The molecule has 0 spiro atoms. The summed E-state index contributed by atoms with van der Waals surface area (Å²) in [7, 11) is 0. The third kappa shape index (κ3) is 2.49. The quantitative estimate of drug-likeness (QED) is 0.892. The van der Waals surface area contributed by atoms with Crippen LogP contribution in [0.15, 0.2) is 24.3 Å². The molecule has 0 saturated heterocycles. The van der Waals surface area contributed by atoms with Crippen LogP contribution < -0.4 is 0 Å². The van der Waals surface area contributed by atoms with Crippen LogP contribution in [0.4, 0.5) is 13.2 Å². The normalized spacial score (nSPS) is 12.5. The molecule has 0 unspecified atom stereocenters. The molecule has 100 valence electrons. The highest BCUT2D eigenvalue weighted by atomic mass is 19.4. The minimum atomic E-state index is -4.40. The molecule has 0 atom stereocenters. The highest BCUT2D eigenvalue weighted by molar-refractivity contribution is 5.81. The van der Waals surface area contributed by atoms with Crippen molar-refractivity contribution in [3.63, 3.8) is 0 Å². The lowest BCUT2D eigenvalue weighted by atomic mass is 9.76. The third-order valence-electron chi connectivity index (χ3n) is 3.38. The number of rotatable bonds is 4. The summed E-state index contributed by atoms with van der Waals surface area (Å²) < 4.78 is 37.3. The van der Waals surface area contributed by atoms with Gasteiger partial charge in [0.1, 0.15) is 0 Å². The fraction of sp³-hybridized carbons (Fsp3) is 0.462. The number of aliphatic carboxylic acids is 1. The fourth-order valence-electron chi connectivity index (χ4n) is 2.06. The van der Waals surface area contributed by atoms with Gasteiger partial charge in [0.25, 0.3) is 0 Å². The second kappa shape index (κ2) is 5.00. The van der Waals surface area contributed by atoms with Gasteiger partial charge in [0.15, 0.2) is 0 Å². The molecule has 0 heterocycles. The number of alkyl halides is 3. The Labute approximate surface area is 103 Å². The van der Waals surface area contributed by atoms with E-state index in [0.717, 1.165) is 12.1 Å². The summed E-state index contributed by atoms with van der Waals surface area (Å²) in [5.74, 6) is -1.01. The average molecular weight is 260 g/mol. The predicted octanol–water partition coefficient (Wildman–Crippen LogP) is 3.85. The first-order chi connectivity index (χ1) is 8.28. The summed E-state index contributed by atoms with van der Waals surface area (Å²) in [5, 5.41) is 9.28. The Morgan fingerprint density at radius 2 is 1.44 bits per heavy atom. The SMILES string of the molecule is CCC(CC)(C(=O)O)c1ccc(C(F)(F)F)cc1. The van der Waals surface area contributed by atoms with Crippen LogP contribution in [0.5, 0.6) is 0 Å². The number of halogens is 3. The van der Waals surface area contributed by atoms with E-state index in [1.165, 1.54) is 12.1 Å². The maximum absolute atomic E-state index is 12.4. The molecule has 0 bridgehead atoms. The van der Waals surface area contributed by atoms with E-state index in [9.17, 15) is 23.1 Å². The lowest BCUT2D eigenvalue weighted by molar-refractivity contribution is -0.144. The second-order valence-corrected chi connectivity index (χ2v) is 4.17. The molecule has 0 aromatic heterocycles. The van der Waals surface area contributed by atoms with E-state index < -0.39 is 23.1 Å². The molecule has 1 aromatic carbocycles. The van der Waals surface area contributed by atoms with E-state index in [2.05, 4.69) is 0 Å². The van der Waals surface area contributed by atoms with Crippen LogP contribution in [0.1, 0.15) is 37.8 Å². The standard InChI is InChI=1S/C13H15F3O2/c1-3-12(4-2,11(17)18)9-5-7-10(8-6-9)13(14,15)16/h5-8H,3-4H2,1-2H3,(H,17,18). The van der Waals surface area contributed by atoms with Crippen molar-refractivity contribution in [3.05, 3.63) is 35.4 Å². The van der Waals surface area contributed by atoms with Crippen molar-refractivity contribution in [1.82, 2.24) is 0 Å². The zero-order chi connectivity index (χ0) is 14.0. The van der Waals surface area contributed by atoms with Gasteiger partial charge in [-0.1, -0.05) is 26.0 Å². The van der Waals surface area contributed by atoms with E-state index in [1.807, 2.05) is 0 Å². The summed E-state index contributed by atoms with van der Waals surface area (Å²) in [6, 6.07) is 4.37. The monoisotopic (exact) mass is 260 g/mol. The van der Waals surface area contributed by atoms with E-state index in [0.29, 0.717) is 18.4 Å². The first-order valence-electron chi connectivity index (χ1n) is 5.69. The number of hydrogen-bond donors (Lipinski definition) is 1. The predicted molar refractivity (Wildman–Crippen MR) is 61.3 cm³/mol. The first kappa shape index (κ1) is 14.5. The lowest BCUT2D eigenvalue weighted by Gasteiger charge is -2.27. The molecule has 18 heavy (non-hydrogen) atoms. The van der Waals surface area contributed by atoms with Gasteiger partial charge in [-0.05, 0) is 30.5 Å². The smallest absolute Gasteiger partial charge is 0.416 e. The van der Waals surface area contributed by atoms with Crippen LogP contribution in [0, 0.1) is 0 Å². The van der Waals surface area contributed by atoms with Crippen molar-refractivity contribution in [2.24, 2.45) is 0 Å². The summed E-state index contributed by atoms with van der Waals surface area (Å²) in [5.41, 5.74) is -1.46. The molecular weight excluding hydrogens is 245 g/mol. The molecule has 1 rings (SSSR count). The van der Waals surface area contributed by atoms with E-state index in [-0.39, 0.29) is 0 Å². The van der Waals surface area contributed by atoms with Crippen molar-refractivity contribution in [3.8, 4) is 0 Å². The maximum Gasteiger partial charge on any atom is 0.416 e. The number of carboxylic acid groups (broad SMARTS) is 1. The Morgan fingerprint density at radius 1 is 1.06 bits per heavy atom. The van der Waals surface area contributed by atoms with Crippen LogP contribution in [0.2, 0.25) is 0 Å². The van der Waals surface area contributed by atoms with Crippen molar-refractivity contribution in [2.75, 3.05) is 0 Å². The minimum absolute atomic E-state index is 0.337. The van der Waals surface area contributed by atoms with Gasteiger partial charge in [0.2, 0.25) is 0 Å². The summed E-state index contributed by atoms with van der Waals surface area (Å²) >= 11 is 0. The Kier molecular flexibility index (Phi) is 4.04. The highest BCUT2D eigenvalue weighted by Crippen LogP contribution is 2.35. The van der Waals surface area contributed by atoms with Gasteiger partial charge in [-0.3, -0.25) is 4.79 Å². The van der Waals surface area contributed by atoms with Gasteiger partial charge in [0, 0.05) is 0 Å². The van der Waals surface area contributed by atoms with Crippen LogP contribution in [0.25, 0.3) is 0 Å². The summed E-state index contributed by atoms with van der Waals surface area (Å²) in [6.07, 6.45) is -3.72. The Hall–Kier alpha value is -1.52. The van der Waals surface area contributed by atoms with Crippen molar-refractivity contribution >= 4 is 5.97 Å². The molecule has 0 aliphatic carbocycles. The molecule has 0 aliphatic heterocycles. The van der Waals surface area contributed by atoms with Gasteiger partial charge in [-0.15, -0.1) is 0 Å². The van der Waals surface area contributed by atoms with Crippen molar-refractivity contribution in [1.29, 1.82) is 0 Å². The topological polar surface area (TPSA) is 37.3 Å². The molecule has 0 saturated carbocycles. The average Bonchev–Trinajstić information content (AvgIpc) is 2.30. The second-order valence-electron chi connectivity index (χ2n) is 4.17. The molecule has 1 aromatic rings. The van der Waals surface area contributed by atoms with Crippen LogP contribution >= 0.6 is 0 Å². The Morgan fingerprint density at radius 3 is 1.72 bits per heavy atom. The molecule has 0 fully saturated rings. The van der Waals surface area contributed by atoms with E-state index >= 15 is 0 Å².